The molecule has 0 aliphatic carbocycles. The highest BCUT2D eigenvalue weighted by molar-refractivity contribution is 7.77. The number of hydrogen-bond acceptors (Lipinski definition) is 4. The van der Waals surface area contributed by atoms with E-state index in [1.54, 1.807) is 10.8 Å². The van der Waals surface area contributed by atoms with E-state index < -0.39 is 0 Å². The predicted octanol–water partition coefficient (Wildman–Crippen LogP) is 1.55. The summed E-state index contributed by atoms with van der Waals surface area (Å²) in [5.41, 5.74) is 1.14. The lowest BCUT2D eigenvalue weighted by atomic mass is 10.3. The van der Waals surface area contributed by atoms with E-state index in [0.717, 1.165) is 5.69 Å². The second-order valence-electron chi connectivity index (χ2n) is 2.55. The van der Waals surface area contributed by atoms with Crippen LogP contribution in [0.4, 0.5) is 5.69 Å². The average molecular weight is 179 g/mol. The molecule has 0 unspecified atom stereocenters. The lowest BCUT2D eigenvalue weighted by Gasteiger charge is -2.14. The van der Waals surface area contributed by atoms with Gasteiger partial charge in [0, 0.05) is 5.69 Å². The summed E-state index contributed by atoms with van der Waals surface area (Å²) >= 11 is 4.10. The maximum absolute atomic E-state index is 4.10. The molecule has 1 aromatic carbocycles. The van der Waals surface area contributed by atoms with Crippen LogP contribution in [0.2, 0.25) is 0 Å². The Morgan fingerprint density at radius 3 is 2.58 bits per heavy atom. The number of hydrazone groups is 1. The van der Waals surface area contributed by atoms with Crippen LogP contribution in [-0.4, -0.2) is 17.4 Å². The van der Waals surface area contributed by atoms with Crippen LogP contribution in [0.15, 0.2) is 35.4 Å². The van der Waals surface area contributed by atoms with Gasteiger partial charge in [0.2, 0.25) is 0 Å². The first-order chi connectivity index (χ1) is 5.86. The minimum absolute atomic E-state index is 0.702. The van der Waals surface area contributed by atoms with Gasteiger partial charge in [0.25, 0.3) is 0 Å². The van der Waals surface area contributed by atoms with Crippen molar-refractivity contribution in [2.75, 3.05) is 11.6 Å². The summed E-state index contributed by atoms with van der Waals surface area (Å²) in [5.74, 6) is 0. The zero-order valence-electron chi connectivity index (χ0n) is 6.46. The van der Waals surface area contributed by atoms with E-state index in [-0.39, 0.29) is 0 Å². The molecule has 0 radical (unpaired) electrons. The van der Waals surface area contributed by atoms with Gasteiger partial charge in [-0.05, 0) is 24.9 Å². The summed E-state index contributed by atoms with van der Waals surface area (Å²) < 4.78 is 1.59. The third-order valence-corrected chi connectivity index (χ3v) is 1.92. The molecule has 0 saturated carbocycles. The van der Waals surface area contributed by atoms with E-state index >= 15 is 0 Å². The molecule has 12 heavy (non-hydrogen) atoms. The van der Waals surface area contributed by atoms with Gasteiger partial charge in [-0.3, -0.25) is 0 Å². The molecular formula is C8H9N3S. The number of rotatable bonds is 1. The van der Waals surface area contributed by atoms with E-state index in [1.807, 2.05) is 35.2 Å². The van der Waals surface area contributed by atoms with Crippen molar-refractivity contribution in [3.05, 3.63) is 30.3 Å². The van der Waals surface area contributed by atoms with Crippen LogP contribution in [0.25, 0.3) is 0 Å². The van der Waals surface area contributed by atoms with Gasteiger partial charge in [-0.15, -0.1) is 0 Å². The van der Waals surface area contributed by atoms with Gasteiger partial charge in [0.1, 0.15) is 13.0 Å². The Morgan fingerprint density at radius 2 is 2.00 bits per heavy atom. The molecule has 2 rings (SSSR count). The van der Waals surface area contributed by atoms with Gasteiger partial charge in [-0.2, -0.15) is 5.10 Å². The molecule has 4 heteroatoms. The highest BCUT2D eigenvalue weighted by atomic mass is 32.1. The molecule has 0 aromatic heterocycles. The highest BCUT2D eigenvalue weighted by Crippen LogP contribution is 2.15. The quantitative estimate of drug-likeness (QED) is 0.660. The standard InChI is InChI=1S/C8H9N3S/c12-11-7-10(6-9-11)8-4-2-1-3-5-8/h1-6,12H,7H2. The summed E-state index contributed by atoms with van der Waals surface area (Å²) in [5, 5.41) is 3.99. The van der Waals surface area contributed by atoms with Crippen LogP contribution in [0.1, 0.15) is 0 Å². The van der Waals surface area contributed by atoms with Gasteiger partial charge < -0.3 is 4.90 Å². The van der Waals surface area contributed by atoms with Crippen LogP contribution in [0.5, 0.6) is 0 Å². The SMILES string of the molecule is SN1CN(c2ccccc2)C=N1. The summed E-state index contributed by atoms with van der Waals surface area (Å²) in [6.07, 6.45) is 1.77. The Labute approximate surface area is 76.8 Å². The van der Waals surface area contributed by atoms with Crippen molar-refractivity contribution in [2.24, 2.45) is 5.10 Å². The van der Waals surface area contributed by atoms with Crippen molar-refractivity contribution < 1.29 is 0 Å². The van der Waals surface area contributed by atoms with Crippen LogP contribution in [0, 0.1) is 0 Å². The van der Waals surface area contributed by atoms with Crippen molar-refractivity contribution in [1.82, 2.24) is 4.41 Å². The normalized spacial score (nSPS) is 15.8. The fourth-order valence-corrected chi connectivity index (χ4v) is 1.28. The maximum atomic E-state index is 4.10. The summed E-state index contributed by atoms with van der Waals surface area (Å²) in [6.45, 7) is 0.702. The summed E-state index contributed by atoms with van der Waals surface area (Å²) in [4.78, 5) is 2.02. The first-order valence-corrected chi connectivity index (χ1v) is 4.08. The number of benzene rings is 1. The minimum Gasteiger partial charge on any atom is -0.310 e. The van der Waals surface area contributed by atoms with Crippen LogP contribution < -0.4 is 4.90 Å². The molecule has 62 valence electrons. The Kier molecular flexibility index (Phi) is 1.91. The fraction of sp³-hybridized carbons (Fsp3) is 0.125. The summed E-state index contributed by atoms with van der Waals surface area (Å²) in [7, 11) is 0. The van der Waals surface area contributed by atoms with Crippen LogP contribution in [-0.2, 0) is 0 Å². The molecule has 1 aliphatic rings. The summed E-state index contributed by atoms with van der Waals surface area (Å²) in [6, 6.07) is 10.1. The van der Waals surface area contributed by atoms with Crippen molar-refractivity contribution in [1.29, 1.82) is 0 Å². The molecule has 0 atom stereocenters. The Hall–Kier alpha value is -1.16. The number of thiol groups is 1. The molecule has 0 saturated heterocycles. The number of para-hydroxylation sites is 1. The molecule has 1 heterocycles. The molecule has 3 nitrogen and oxygen atoms in total. The number of hydrogen-bond donors (Lipinski definition) is 1. The number of nitrogens with zero attached hydrogens (tertiary/aromatic N) is 3. The molecule has 1 aliphatic heterocycles. The smallest absolute Gasteiger partial charge is 0.124 e. The van der Waals surface area contributed by atoms with Gasteiger partial charge in [0.15, 0.2) is 0 Å². The van der Waals surface area contributed by atoms with Crippen molar-refractivity contribution in [3.63, 3.8) is 0 Å². The van der Waals surface area contributed by atoms with E-state index in [0.29, 0.717) is 6.67 Å². The lowest BCUT2D eigenvalue weighted by molar-refractivity contribution is 0.562. The minimum atomic E-state index is 0.702. The topological polar surface area (TPSA) is 18.8 Å². The van der Waals surface area contributed by atoms with Gasteiger partial charge in [-0.25, -0.2) is 4.41 Å². The van der Waals surface area contributed by atoms with Gasteiger partial charge in [0.05, 0.1) is 0 Å². The van der Waals surface area contributed by atoms with Gasteiger partial charge in [-0.1, -0.05) is 18.2 Å². The molecule has 0 spiro atoms. The molecule has 0 fully saturated rings. The zero-order valence-corrected chi connectivity index (χ0v) is 7.35. The second-order valence-corrected chi connectivity index (χ2v) is 3.01. The predicted molar refractivity (Wildman–Crippen MR) is 53.1 cm³/mol. The molecule has 0 N–H and O–H groups in total. The third-order valence-electron chi connectivity index (χ3n) is 1.69. The molecule has 0 amide bonds. The van der Waals surface area contributed by atoms with Crippen molar-refractivity contribution in [2.45, 2.75) is 0 Å². The van der Waals surface area contributed by atoms with E-state index in [9.17, 15) is 0 Å². The lowest BCUT2D eigenvalue weighted by Crippen LogP contribution is -2.21. The third kappa shape index (κ3) is 1.38. The molecule has 1 aromatic rings. The fourth-order valence-electron chi connectivity index (χ4n) is 1.10. The average Bonchev–Trinajstić information content (AvgIpc) is 2.54. The van der Waals surface area contributed by atoms with Crippen molar-refractivity contribution >= 4 is 24.8 Å². The Balaban J connectivity index is 2.18. The Bertz CT molecular complexity index is 286. The number of anilines is 1. The maximum Gasteiger partial charge on any atom is 0.124 e. The largest absolute Gasteiger partial charge is 0.310 e. The second kappa shape index (κ2) is 3.06. The monoisotopic (exact) mass is 179 g/mol. The van der Waals surface area contributed by atoms with Crippen LogP contribution in [0.3, 0.4) is 0 Å². The highest BCUT2D eigenvalue weighted by Gasteiger charge is 2.11. The zero-order chi connectivity index (χ0) is 8.39. The molecule has 0 bridgehead atoms. The molecular weight excluding hydrogens is 170 g/mol. The first-order valence-electron chi connectivity index (χ1n) is 3.68. The van der Waals surface area contributed by atoms with E-state index in [1.165, 1.54) is 0 Å². The van der Waals surface area contributed by atoms with E-state index in [2.05, 4.69) is 17.9 Å². The first kappa shape index (κ1) is 7.49. The Morgan fingerprint density at radius 1 is 1.25 bits per heavy atom. The van der Waals surface area contributed by atoms with Crippen molar-refractivity contribution in [3.8, 4) is 0 Å². The van der Waals surface area contributed by atoms with Gasteiger partial charge >= 0.3 is 0 Å². The van der Waals surface area contributed by atoms with Crippen LogP contribution >= 0.6 is 12.8 Å². The van der Waals surface area contributed by atoms with E-state index in [4.69, 9.17) is 0 Å².